The van der Waals surface area contributed by atoms with Gasteiger partial charge in [0.2, 0.25) is 0 Å². The first-order valence-corrected chi connectivity index (χ1v) is 10.1. The van der Waals surface area contributed by atoms with Gasteiger partial charge in [-0.05, 0) is 38.0 Å². The Labute approximate surface area is 175 Å². The lowest BCUT2D eigenvalue weighted by molar-refractivity contribution is 0.0527. The number of aromatic nitrogens is 2. The molecule has 7 nitrogen and oxygen atoms in total. The van der Waals surface area contributed by atoms with Crippen LogP contribution < -0.4 is 10.2 Å². The monoisotopic (exact) mass is 401 g/mol. The summed E-state index contributed by atoms with van der Waals surface area (Å²) in [4.78, 5) is 23.5. The van der Waals surface area contributed by atoms with Crippen LogP contribution in [0.1, 0.15) is 35.7 Å². The molecule has 0 atom stereocenters. The number of nitrogens with one attached hydrogen (secondary N) is 1. The second-order valence-electron chi connectivity index (χ2n) is 7.21. The van der Waals surface area contributed by atoms with Crippen molar-refractivity contribution >= 4 is 28.4 Å². The molecule has 3 heterocycles. The Balaban J connectivity index is 1.52. The molecule has 0 spiro atoms. The van der Waals surface area contributed by atoms with Gasteiger partial charge in [-0.2, -0.15) is 5.26 Å². The molecule has 4 rings (SSSR count). The van der Waals surface area contributed by atoms with Crippen LogP contribution in [-0.2, 0) is 4.74 Å². The fourth-order valence-electron chi connectivity index (χ4n) is 3.76. The number of ether oxygens (including phenoxy) is 1. The third kappa shape index (κ3) is 4.03. The number of carbonyl (C=O) groups excluding carboxylic acids is 1. The summed E-state index contributed by atoms with van der Waals surface area (Å²) < 4.78 is 5.24. The number of carbonyl (C=O) groups is 1. The maximum Gasteiger partial charge on any atom is 0.341 e. The summed E-state index contributed by atoms with van der Waals surface area (Å²) in [6.45, 7) is 3.80. The van der Waals surface area contributed by atoms with E-state index in [1.54, 1.807) is 25.4 Å². The van der Waals surface area contributed by atoms with Crippen molar-refractivity contribution < 1.29 is 9.53 Å². The maximum atomic E-state index is 12.5. The molecule has 7 heteroatoms. The third-order valence-electron chi connectivity index (χ3n) is 5.32. The van der Waals surface area contributed by atoms with Gasteiger partial charge in [-0.1, -0.05) is 18.2 Å². The van der Waals surface area contributed by atoms with Gasteiger partial charge in [-0.15, -0.1) is 0 Å². The zero-order valence-corrected chi connectivity index (χ0v) is 16.8. The SMILES string of the molecule is CCOC(=O)c1cnc2ccccc2c1NC1CCN(c2ccc(C#N)cn2)CC1. The summed E-state index contributed by atoms with van der Waals surface area (Å²) in [6, 6.07) is 13.8. The molecular weight excluding hydrogens is 378 g/mol. The normalized spacial score (nSPS) is 14.3. The van der Waals surface area contributed by atoms with E-state index < -0.39 is 0 Å². The first-order chi connectivity index (χ1) is 14.7. The van der Waals surface area contributed by atoms with Crippen LogP contribution in [0.2, 0.25) is 0 Å². The van der Waals surface area contributed by atoms with Crippen molar-refractivity contribution in [3.8, 4) is 6.07 Å². The van der Waals surface area contributed by atoms with E-state index in [1.165, 1.54) is 0 Å². The lowest BCUT2D eigenvalue weighted by Gasteiger charge is -2.34. The molecule has 152 valence electrons. The van der Waals surface area contributed by atoms with Crippen molar-refractivity contribution in [3.63, 3.8) is 0 Å². The minimum Gasteiger partial charge on any atom is -0.462 e. The molecule has 1 saturated heterocycles. The van der Waals surface area contributed by atoms with E-state index in [-0.39, 0.29) is 12.0 Å². The summed E-state index contributed by atoms with van der Waals surface area (Å²) in [5.74, 6) is 0.520. The van der Waals surface area contributed by atoms with Gasteiger partial charge in [0.1, 0.15) is 17.5 Å². The molecule has 0 unspecified atom stereocenters. The number of benzene rings is 1. The summed E-state index contributed by atoms with van der Waals surface area (Å²) in [6.07, 6.45) is 5.01. The van der Waals surface area contributed by atoms with Gasteiger partial charge in [0.05, 0.1) is 23.4 Å². The van der Waals surface area contributed by atoms with Crippen molar-refractivity contribution in [2.24, 2.45) is 0 Å². The molecule has 1 aliphatic heterocycles. The molecule has 0 radical (unpaired) electrons. The highest BCUT2D eigenvalue weighted by Crippen LogP contribution is 2.29. The van der Waals surface area contributed by atoms with Gasteiger partial charge in [0.15, 0.2) is 0 Å². The molecule has 0 aliphatic carbocycles. The Morgan fingerprint density at radius 2 is 2.00 bits per heavy atom. The summed E-state index contributed by atoms with van der Waals surface area (Å²) in [5, 5.41) is 13.4. The Morgan fingerprint density at radius 1 is 1.20 bits per heavy atom. The smallest absolute Gasteiger partial charge is 0.341 e. The first kappa shape index (κ1) is 19.6. The maximum absolute atomic E-state index is 12.5. The largest absolute Gasteiger partial charge is 0.462 e. The number of hydrogen-bond acceptors (Lipinski definition) is 7. The van der Waals surface area contributed by atoms with Gasteiger partial charge >= 0.3 is 5.97 Å². The van der Waals surface area contributed by atoms with Gasteiger partial charge in [0, 0.05) is 36.9 Å². The highest BCUT2D eigenvalue weighted by Gasteiger charge is 2.23. The van der Waals surface area contributed by atoms with Gasteiger partial charge in [-0.25, -0.2) is 9.78 Å². The van der Waals surface area contributed by atoms with E-state index in [9.17, 15) is 4.79 Å². The van der Waals surface area contributed by atoms with Crippen LogP contribution in [-0.4, -0.2) is 41.7 Å². The van der Waals surface area contributed by atoms with E-state index in [4.69, 9.17) is 10.00 Å². The first-order valence-electron chi connectivity index (χ1n) is 10.1. The van der Waals surface area contributed by atoms with E-state index >= 15 is 0 Å². The van der Waals surface area contributed by atoms with Gasteiger partial charge in [-0.3, -0.25) is 4.98 Å². The predicted molar refractivity (Wildman–Crippen MR) is 116 cm³/mol. The minimum atomic E-state index is -0.363. The number of hydrogen-bond donors (Lipinski definition) is 1. The van der Waals surface area contributed by atoms with E-state index in [0.717, 1.165) is 48.3 Å². The lowest BCUT2D eigenvalue weighted by atomic mass is 10.0. The highest BCUT2D eigenvalue weighted by atomic mass is 16.5. The number of anilines is 2. The topological polar surface area (TPSA) is 91.1 Å². The molecule has 30 heavy (non-hydrogen) atoms. The van der Waals surface area contributed by atoms with Crippen molar-refractivity contribution in [1.82, 2.24) is 9.97 Å². The van der Waals surface area contributed by atoms with Crippen molar-refractivity contribution in [1.29, 1.82) is 5.26 Å². The molecule has 2 aromatic heterocycles. The zero-order valence-electron chi connectivity index (χ0n) is 16.8. The van der Waals surface area contributed by atoms with Crippen molar-refractivity contribution in [2.75, 3.05) is 29.9 Å². The molecule has 0 saturated carbocycles. The van der Waals surface area contributed by atoms with E-state index in [2.05, 4.69) is 26.3 Å². The van der Waals surface area contributed by atoms with E-state index in [0.29, 0.717) is 17.7 Å². The molecule has 0 amide bonds. The second kappa shape index (κ2) is 8.78. The van der Waals surface area contributed by atoms with Crippen molar-refractivity contribution in [2.45, 2.75) is 25.8 Å². The fourth-order valence-corrected chi connectivity index (χ4v) is 3.76. The van der Waals surface area contributed by atoms with Gasteiger partial charge < -0.3 is 15.0 Å². The number of rotatable bonds is 5. The summed E-state index contributed by atoms with van der Waals surface area (Å²) >= 11 is 0. The number of nitrogens with zero attached hydrogens (tertiary/aromatic N) is 4. The Morgan fingerprint density at radius 3 is 2.70 bits per heavy atom. The average molecular weight is 401 g/mol. The number of para-hydroxylation sites is 1. The van der Waals surface area contributed by atoms with Crippen LogP contribution in [0.5, 0.6) is 0 Å². The van der Waals surface area contributed by atoms with Crippen LogP contribution >= 0.6 is 0 Å². The standard InChI is InChI=1S/C23H23N5O2/c1-2-30-23(29)19-15-25-20-6-4-3-5-18(20)22(19)27-17-9-11-28(12-10-17)21-8-7-16(13-24)14-26-21/h3-8,14-15,17H,2,9-12H2,1H3,(H,25,27). The highest BCUT2D eigenvalue weighted by molar-refractivity contribution is 6.04. The lowest BCUT2D eigenvalue weighted by Crippen LogP contribution is -2.39. The summed E-state index contributed by atoms with van der Waals surface area (Å²) in [5.41, 5.74) is 2.65. The van der Waals surface area contributed by atoms with E-state index in [1.807, 2.05) is 30.3 Å². The van der Waals surface area contributed by atoms with Gasteiger partial charge in [0.25, 0.3) is 0 Å². The van der Waals surface area contributed by atoms with Crippen LogP contribution in [0.15, 0.2) is 48.8 Å². The van der Waals surface area contributed by atoms with Crippen LogP contribution in [0.3, 0.4) is 0 Å². The van der Waals surface area contributed by atoms with Crippen LogP contribution in [0.25, 0.3) is 10.9 Å². The van der Waals surface area contributed by atoms with Crippen LogP contribution in [0, 0.1) is 11.3 Å². The number of piperidine rings is 1. The Kier molecular flexibility index (Phi) is 5.75. The predicted octanol–water partition coefficient (Wildman–Crippen LogP) is 3.76. The third-order valence-corrected chi connectivity index (χ3v) is 5.32. The minimum absolute atomic E-state index is 0.221. The average Bonchev–Trinajstić information content (AvgIpc) is 2.80. The molecule has 1 N–H and O–H groups in total. The zero-order chi connectivity index (χ0) is 20.9. The summed E-state index contributed by atoms with van der Waals surface area (Å²) in [7, 11) is 0. The Hall–Kier alpha value is -3.66. The van der Waals surface area contributed by atoms with Crippen molar-refractivity contribution in [3.05, 3.63) is 59.9 Å². The second-order valence-corrected chi connectivity index (χ2v) is 7.21. The molecule has 1 aliphatic rings. The fraction of sp³-hybridized carbons (Fsp3) is 0.304. The number of pyridine rings is 2. The van der Waals surface area contributed by atoms with Crippen LogP contribution in [0.4, 0.5) is 11.5 Å². The Bertz CT molecular complexity index is 1080. The molecular formula is C23H23N5O2. The number of nitriles is 1. The molecule has 0 bridgehead atoms. The quantitative estimate of drug-likeness (QED) is 0.651. The molecule has 1 fully saturated rings. The number of esters is 1. The number of fused-ring (bicyclic) bond motifs is 1. The molecule has 1 aromatic carbocycles. The molecule has 3 aromatic rings.